The van der Waals surface area contributed by atoms with E-state index in [1.54, 1.807) is 49.5 Å². The van der Waals surface area contributed by atoms with E-state index in [9.17, 15) is 14.4 Å². The predicted molar refractivity (Wildman–Crippen MR) is 152 cm³/mol. The van der Waals surface area contributed by atoms with E-state index in [1.807, 2.05) is 19.0 Å². The number of ketones is 1. The fraction of sp³-hybridized carbons (Fsp3) is 0.222. The highest BCUT2D eigenvalue weighted by atomic mass is 35.5. The van der Waals surface area contributed by atoms with Gasteiger partial charge >= 0.3 is 0 Å². The van der Waals surface area contributed by atoms with Gasteiger partial charge in [-0.05, 0) is 50.5 Å². The fourth-order valence-electron chi connectivity index (χ4n) is 3.37. The number of ether oxygens (including phenoxy) is 1. The lowest BCUT2D eigenvalue weighted by Gasteiger charge is -2.19. The molecule has 0 atom stereocenters. The predicted octanol–water partition coefficient (Wildman–Crippen LogP) is 3.95. The summed E-state index contributed by atoms with van der Waals surface area (Å²) in [6.07, 6.45) is 2.55. The average molecular weight is 552 g/mol. The second kappa shape index (κ2) is 13.4. The minimum absolute atomic E-state index is 0.163. The minimum Gasteiger partial charge on any atom is -0.495 e. The third kappa shape index (κ3) is 7.76. The van der Waals surface area contributed by atoms with Crippen molar-refractivity contribution in [3.05, 3.63) is 71.9 Å². The lowest BCUT2D eigenvalue weighted by Crippen LogP contribution is -2.37. The van der Waals surface area contributed by atoms with Crippen LogP contribution in [-0.4, -0.2) is 78.7 Å². The van der Waals surface area contributed by atoms with Crippen molar-refractivity contribution in [1.29, 1.82) is 0 Å². The van der Waals surface area contributed by atoms with Gasteiger partial charge in [-0.2, -0.15) is 4.98 Å². The molecular formula is C27H30ClN7O4. The summed E-state index contributed by atoms with van der Waals surface area (Å²) in [5.74, 6) is -0.805. The van der Waals surface area contributed by atoms with Crippen molar-refractivity contribution in [3.63, 3.8) is 0 Å². The van der Waals surface area contributed by atoms with Crippen molar-refractivity contribution in [3.8, 4) is 5.75 Å². The van der Waals surface area contributed by atoms with Crippen LogP contribution < -0.4 is 20.7 Å². The zero-order valence-corrected chi connectivity index (χ0v) is 22.9. The zero-order chi connectivity index (χ0) is 28.5. The molecule has 0 fully saturated rings. The number of likely N-dealkylation sites (N-methyl/N-ethyl adjacent to an activating group) is 2. The molecule has 11 nitrogen and oxygen atoms in total. The van der Waals surface area contributed by atoms with Crippen LogP contribution in [0, 0.1) is 0 Å². The van der Waals surface area contributed by atoms with Crippen molar-refractivity contribution in [1.82, 2.24) is 19.8 Å². The number of methoxy groups -OCH3 is 1. The van der Waals surface area contributed by atoms with Gasteiger partial charge in [0, 0.05) is 25.8 Å². The first kappa shape index (κ1) is 29.1. The molecule has 39 heavy (non-hydrogen) atoms. The number of Topliss-reactive ketones (excluding diaryl/α,β-unsaturated/α-hetero) is 1. The number of hydrogen-bond acceptors (Lipinski definition) is 9. The monoisotopic (exact) mass is 551 g/mol. The van der Waals surface area contributed by atoms with Gasteiger partial charge in [-0.25, -0.2) is 4.98 Å². The van der Waals surface area contributed by atoms with E-state index in [0.717, 1.165) is 6.08 Å². The molecule has 204 valence electrons. The number of carbonyl (C=O) groups excluding carboxylic acids is 3. The van der Waals surface area contributed by atoms with Gasteiger partial charge < -0.3 is 30.5 Å². The van der Waals surface area contributed by atoms with Crippen molar-refractivity contribution in [2.75, 3.05) is 57.3 Å². The Balaban J connectivity index is 1.85. The minimum atomic E-state index is -0.661. The first-order valence-electron chi connectivity index (χ1n) is 11.8. The highest BCUT2D eigenvalue weighted by Crippen LogP contribution is 2.32. The third-order valence-electron chi connectivity index (χ3n) is 5.49. The Hall–Kier alpha value is -4.48. The number of nitrogens with zero attached hydrogens (tertiary/aromatic N) is 4. The van der Waals surface area contributed by atoms with Gasteiger partial charge in [0.25, 0.3) is 11.7 Å². The first-order chi connectivity index (χ1) is 18.6. The topological polar surface area (TPSA) is 129 Å². The Labute approximate surface area is 231 Å². The molecule has 2 aromatic carbocycles. The van der Waals surface area contributed by atoms with Gasteiger partial charge in [-0.15, -0.1) is 0 Å². The lowest BCUT2D eigenvalue weighted by molar-refractivity contribution is -0.125. The second-order valence-corrected chi connectivity index (χ2v) is 9.06. The number of para-hydroxylation sites is 1. The maximum atomic E-state index is 13.1. The zero-order valence-electron chi connectivity index (χ0n) is 22.1. The lowest BCUT2D eigenvalue weighted by atomic mass is 10.1. The van der Waals surface area contributed by atoms with E-state index in [-0.39, 0.29) is 28.3 Å². The first-order valence-corrected chi connectivity index (χ1v) is 12.2. The number of carbonyl (C=O) groups is 3. The molecule has 0 spiro atoms. The van der Waals surface area contributed by atoms with E-state index < -0.39 is 11.7 Å². The van der Waals surface area contributed by atoms with Gasteiger partial charge in [0.1, 0.15) is 10.8 Å². The molecule has 0 saturated heterocycles. The van der Waals surface area contributed by atoms with Gasteiger partial charge in [0.05, 0.1) is 30.2 Å². The van der Waals surface area contributed by atoms with Crippen molar-refractivity contribution in [2.45, 2.75) is 0 Å². The maximum Gasteiger partial charge on any atom is 0.294 e. The van der Waals surface area contributed by atoms with Crippen molar-refractivity contribution < 1.29 is 19.1 Å². The smallest absolute Gasteiger partial charge is 0.294 e. The van der Waals surface area contributed by atoms with E-state index in [1.165, 1.54) is 18.2 Å². The number of nitrogens with one attached hydrogen (secondary N) is 3. The number of rotatable bonds is 12. The van der Waals surface area contributed by atoms with E-state index in [2.05, 4.69) is 32.5 Å². The Bertz CT molecular complexity index is 1380. The molecule has 3 rings (SSSR count). The maximum absolute atomic E-state index is 13.1. The Morgan fingerprint density at radius 2 is 1.79 bits per heavy atom. The summed E-state index contributed by atoms with van der Waals surface area (Å²) in [6, 6.07) is 11.6. The third-order valence-corrected chi connectivity index (χ3v) is 5.77. The summed E-state index contributed by atoms with van der Waals surface area (Å²) in [5.41, 5.74) is 1.52. The van der Waals surface area contributed by atoms with Crippen molar-refractivity contribution >= 4 is 58.0 Å². The molecule has 2 amide bonds. The highest BCUT2D eigenvalue weighted by molar-refractivity contribution is 6.44. The molecule has 12 heteroatoms. The Morgan fingerprint density at radius 1 is 1.05 bits per heavy atom. The summed E-state index contributed by atoms with van der Waals surface area (Å²) in [4.78, 5) is 49.5. The van der Waals surface area contributed by atoms with E-state index in [4.69, 9.17) is 16.3 Å². The van der Waals surface area contributed by atoms with Crippen LogP contribution >= 0.6 is 11.6 Å². The van der Waals surface area contributed by atoms with Crippen LogP contribution in [-0.2, 0) is 9.59 Å². The molecule has 1 aromatic heterocycles. The number of halogens is 1. The number of benzene rings is 2. The molecule has 0 aliphatic carbocycles. The molecule has 0 aliphatic heterocycles. The number of hydrogen-bond donors (Lipinski definition) is 3. The average Bonchev–Trinajstić information content (AvgIpc) is 2.93. The summed E-state index contributed by atoms with van der Waals surface area (Å²) in [6.45, 7) is 4.47. The highest BCUT2D eigenvalue weighted by Gasteiger charge is 2.23. The molecule has 0 unspecified atom stereocenters. The SMILES string of the molecule is C=CC(=O)Nc1ccc(OC)c(Nc2ncc(Cl)c(Nc3ccccc3C(=O)C(=O)N(C)CCN(C)C)n2)c1. The summed E-state index contributed by atoms with van der Waals surface area (Å²) >= 11 is 6.36. The molecule has 0 saturated carbocycles. The quantitative estimate of drug-likeness (QED) is 0.174. The number of aromatic nitrogens is 2. The molecule has 3 aromatic rings. The molecule has 1 heterocycles. The normalized spacial score (nSPS) is 10.5. The van der Waals surface area contributed by atoms with Crippen LogP contribution in [0.5, 0.6) is 5.75 Å². The molecule has 0 radical (unpaired) electrons. The number of anilines is 5. The van der Waals surface area contributed by atoms with Gasteiger partial charge in [0.2, 0.25) is 11.9 Å². The fourth-order valence-corrected chi connectivity index (χ4v) is 3.51. The van der Waals surface area contributed by atoms with E-state index >= 15 is 0 Å². The summed E-state index contributed by atoms with van der Waals surface area (Å²) in [5, 5.41) is 8.96. The van der Waals surface area contributed by atoms with Crippen molar-refractivity contribution in [2.24, 2.45) is 0 Å². The summed E-state index contributed by atoms with van der Waals surface area (Å²) < 4.78 is 5.40. The van der Waals surface area contributed by atoms with Crippen LogP contribution in [0.25, 0.3) is 0 Å². The van der Waals surface area contributed by atoms with Gasteiger partial charge in [0.15, 0.2) is 5.82 Å². The van der Waals surface area contributed by atoms with Crippen LogP contribution in [0.4, 0.5) is 28.8 Å². The van der Waals surface area contributed by atoms with Crippen LogP contribution in [0.2, 0.25) is 5.02 Å². The van der Waals surface area contributed by atoms with Gasteiger partial charge in [-0.3, -0.25) is 14.4 Å². The molecular weight excluding hydrogens is 522 g/mol. The van der Waals surface area contributed by atoms with E-state index in [0.29, 0.717) is 35.9 Å². The van der Waals surface area contributed by atoms with Gasteiger partial charge in [-0.1, -0.05) is 30.3 Å². The Kier molecular flexibility index (Phi) is 9.96. The Morgan fingerprint density at radius 3 is 2.49 bits per heavy atom. The summed E-state index contributed by atoms with van der Waals surface area (Å²) in [7, 11) is 6.87. The van der Waals surface area contributed by atoms with Crippen LogP contribution in [0.15, 0.2) is 61.3 Å². The van der Waals surface area contributed by atoms with Crippen LogP contribution in [0.1, 0.15) is 10.4 Å². The van der Waals surface area contributed by atoms with Crippen LogP contribution in [0.3, 0.4) is 0 Å². The molecule has 0 bridgehead atoms. The largest absolute Gasteiger partial charge is 0.495 e. The standard InChI is InChI=1S/C27H30ClN7O4/c1-6-23(36)30-17-11-12-22(39-5)21(15-17)32-27-29-16-19(28)25(33-27)31-20-10-8-7-9-18(20)24(37)26(38)35(4)14-13-34(2)3/h6-12,15-16H,1,13-14H2,2-5H3,(H,30,36)(H2,29,31,32,33). The second-order valence-electron chi connectivity index (χ2n) is 8.65. The number of amides is 2. The molecule has 3 N–H and O–H groups in total. The molecule has 0 aliphatic rings.